The van der Waals surface area contributed by atoms with E-state index in [0.717, 1.165) is 6.92 Å². The van der Waals surface area contributed by atoms with E-state index in [0.29, 0.717) is 0 Å². The number of hydrogen-bond acceptors (Lipinski definition) is 5. The van der Waals surface area contributed by atoms with Gasteiger partial charge in [-0.1, -0.05) is 6.92 Å². The van der Waals surface area contributed by atoms with Crippen LogP contribution in [0.5, 0.6) is 0 Å². The summed E-state index contributed by atoms with van der Waals surface area (Å²) in [4.78, 5) is 31.8. The molecule has 0 rings (SSSR count). The van der Waals surface area contributed by atoms with E-state index in [1.54, 1.807) is 0 Å². The normalized spacial score (nSPS) is 14.2. The van der Waals surface area contributed by atoms with Crippen molar-refractivity contribution in [3.05, 3.63) is 0 Å². The first kappa shape index (κ1) is 12.6. The van der Waals surface area contributed by atoms with Crippen molar-refractivity contribution in [1.29, 1.82) is 0 Å². The maximum atomic E-state index is 11.1. The Morgan fingerprint density at radius 2 is 1.86 bits per heavy atom. The summed E-state index contributed by atoms with van der Waals surface area (Å²) in [7, 11) is 0. The molecule has 0 saturated carbocycles. The lowest BCUT2D eigenvalue weighted by Crippen LogP contribution is -2.42. The molecule has 2 N–H and O–H groups in total. The number of carbonyl (C=O) groups excluding carboxylic acids is 2. The first-order valence-corrected chi connectivity index (χ1v) is 3.99. The van der Waals surface area contributed by atoms with E-state index in [-0.39, 0.29) is 6.42 Å². The predicted octanol–water partition coefficient (Wildman–Crippen LogP) is -0.308. The summed E-state index contributed by atoms with van der Waals surface area (Å²) in [6.07, 6.45) is -0.916. The van der Waals surface area contributed by atoms with Crippen molar-refractivity contribution in [1.82, 2.24) is 0 Å². The lowest BCUT2D eigenvalue weighted by molar-refractivity contribution is -0.177. The molecule has 0 saturated heterocycles. The Hall–Kier alpha value is -1.43. The maximum Gasteiger partial charge on any atom is 0.346 e. The van der Waals surface area contributed by atoms with Crippen LogP contribution in [0.4, 0.5) is 0 Å². The highest BCUT2D eigenvalue weighted by molar-refractivity contribution is 5.91. The van der Waals surface area contributed by atoms with Crippen LogP contribution in [-0.2, 0) is 19.1 Å². The van der Waals surface area contributed by atoms with E-state index in [1.165, 1.54) is 6.92 Å². The molecule has 0 fully saturated rings. The second kappa shape index (κ2) is 4.71. The van der Waals surface area contributed by atoms with E-state index in [2.05, 4.69) is 4.74 Å². The van der Waals surface area contributed by atoms with E-state index in [9.17, 15) is 19.5 Å². The quantitative estimate of drug-likeness (QED) is 0.481. The Kier molecular flexibility index (Phi) is 4.23. The van der Waals surface area contributed by atoms with Gasteiger partial charge in [0.2, 0.25) is 0 Å². The van der Waals surface area contributed by atoms with E-state index in [1.807, 2.05) is 0 Å². The zero-order chi connectivity index (χ0) is 11.4. The van der Waals surface area contributed by atoms with Crippen molar-refractivity contribution in [3.8, 4) is 0 Å². The average molecular weight is 204 g/mol. The molecule has 1 unspecified atom stereocenters. The molecule has 6 nitrogen and oxygen atoms in total. The van der Waals surface area contributed by atoms with Gasteiger partial charge in [0.25, 0.3) is 0 Å². The smallest absolute Gasteiger partial charge is 0.346 e. The van der Waals surface area contributed by atoms with E-state index >= 15 is 0 Å². The molecular formula is C8H12O6. The number of aliphatic carboxylic acids is 1. The van der Waals surface area contributed by atoms with Crippen LogP contribution < -0.4 is 0 Å². The van der Waals surface area contributed by atoms with Gasteiger partial charge in [-0.05, 0) is 6.42 Å². The number of carbonyl (C=O) groups is 3. The number of rotatable bonds is 4. The van der Waals surface area contributed by atoms with Crippen molar-refractivity contribution in [2.75, 3.05) is 0 Å². The molecule has 0 aliphatic carbocycles. The molecular weight excluding hydrogens is 192 g/mol. The van der Waals surface area contributed by atoms with Gasteiger partial charge in [-0.2, -0.15) is 0 Å². The molecule has 0 radical (unpaired) electrons. The van der Waals surface area contributed by atoms with E-state index < -0.39 is 29.9 Å². The molecule has 0 spiro atoms. The molecule has 0 amide bonds. The summed E-state index contributed by atoms with van der Waals surface area (Å²) in [6, 6.07) is 0. The summed E-state index contributed by atoms with van der Waals surface area (Å²) in [5.41, 5.74) is -2.13. The van der Waals surface area contributed by atoms with Gasteiger partial charge >= 0.3 is 17.9 Å². The van der Waals surface area contributed by atoms with Gasteiger partial charge in [0.15, 0.2) is 5.60 Å². The van der Waals surface area contributed by atoms with E-state index in [4.69, 9.17) is 5.11 Å². The highest BCUT2D eigenvalue weighted by Gasteiger charge is 2.39. The lowest BCUT2D eigenvalue weighted by atomic mass is 9.97. The zero-order valence-electron chi connectivity index (χ0n) is 7.94. The van der Waals surface area contributed by atoms with Crippen LogP contribution in [0.2, 0.25) is 0 Å². The Morgan fingerprint density at radius 1 is 1.36 bits per heavy atom. The molecule has 0 heterocycles. The Labute approximate surface area is 80.5 Å². The number of hydrogen-bond donors (Lipinski definition) is 2. The van der Waals surface area contributed by atoms with Crippen LogP contribution in [-0.4, -0.2) is 33.7 Å². The third kappa shape index (κ3) is 3.53. The second-order valence-electron chi connectivity index (χ2n) is 2.84. The van der Waals surface area contributed by atoms with Gasteiger partial charge < -0.3 is 14.9 Å². The van der Waals surface area contributed by atoms with Crippen molar-refractivity contribution in [3.63, 3.8) is 0 Å². The first-order chi connectivity index (χ1) is 6.31. The summed E-state index contributed by atoms with van der Waals surface area (Å²) in [5, 5.41) is 17.9. The van der Waals surface area contributed by atoms with Gasteiger partial charge in [-0.25, -0.2) is 4.79 Å². The van der Waals surface area contributed by atoms with Crippen molar-refractivity contribution >= 4 is 17.9 Å². The van der Waals surface area contributed by atoms with Crippen LogP contribution in [0, 0.1) is 0 Å². The number of carboxylic acid groups (broad SMARTS) is 1. The maximum absolute atomic E-state index is 11.1. The number of carboxylic acids is 1. The molecule has 0 aliphatic heterocycles. The molecule has 0 aliphatic rings. The Bertz CT molecular complexity index is 259. The zero-order valence-corrected chi connectivity index (χ0v) is 7.94. The van der Waals surface area contributed by atoms with Gasteiger partial charge in [0.05, 0.1) is 6.42 Å². The average Bonchev–Trinajstić information content (AvgIpc) is 2.01. The second-order valence-corrected chi connectivity index (χ2v) is 2.84. The Morgan fingerprint density at radius 3 is 2.14 bits per heavy atom. The molecule has 0 aromatic carbocycles. The summed E-state index contributed by atoms with van der Waals surface area (Å²) in [6.45, 7) is 2.42. The molecule has 0 aromatic rings. The molecule has 80 valence electrons. The fourth-order valence-corrected chi connectivity index (χ4v) is 0.817. The fourth-order valence-electron chi connectivity index (χ4n) is 0.817. The predicted molar refractivity (Wildman–Crippen MR) is 44.3 cm³/mol. The molecule has 1 atom stereocenters. The van der Waals surface area contributed by atoms with Crippen LogP contribution in [0.1, 0.15) is 26.7 Å². The molecule has 6 heteroatoms. The van der Waals surface area contributed by atoms with Crippen molar-refractivity contribution < 1.29 is 29.3 Å². The Balaban J connectivity index is 4.58. The van der Waals surface area contributed by atoms with Gasteiger partial charge in [-0.3, -0.25) is 9.59 Å². The van der Waals surface area contributed by atoms with Crippen LogP contribution in [0.15, 0.2) is 0 Å². The summed E-state index contributed by atoms with van der Waals surface area (Å²) < 4.78 is 4.12. The van der Waals surface area contributed by atoms with Crippen molar-refractivity contribution in [2.45, 2.75) is 32.3 Å². The van der Waals surface area contributed by atoms with Crippen LogP contribution in [0.3, 0.4) is 0 Å². The highest BCUT2D eigenvalue weighted by atomic mass is 16.6. The van der Waals surface area contributed by atoms with Crippen LogP contribution in [0.25, 0.3) is 0 Å². The SMILES string of the molecule is CCC(O)(CC(=O)O)C(=O)OC(C)=O. The fraction of sp³-hybridized carbons (Fsp3) is 0.625. The third-order valence-electron chi connectivity index (χ3n) is 1.64. The van der Waals surface area contributed by atoms with Crippen LogP contribution >= 0.6 is 0 Å². The molecule has 0 bridgehead atoms. The number of ether oxygens (including phenoxy) is 1. The molecule has 14 heavy (non-hydrogen) atoms. The standard InChI is InChI=1S/C8H12O6/c1-3-8(13,4-6(10)11)7(12)14-5(2)9/h13H,3-4H2,1-2H3,(H,10,11). The third-order valence-corrected chi connectivity index (χ3v) is 1.64. The summed E-state index contributed by atoms with van der Waals surface area (Å²) in [5.74, 6) is -3.45. The number of aliphatic hydroxyl groups is 1. The number of esters is 2. The summed E-state index contributed by atoms with van der Waals surface area (Å²) >= 11 is 0. The minimum absolute atomic E-state index is 0.134. The topological polar surface area (TPSA) is 101 Å². The van der Waals surface area contributed by atoms with Crippen molar-refractivity contribution in [2.24, 2.45) is 0 Å². The first-order valence-electron chi connectivity index (χ1n) is 3.99. The minimum Gasteiger partial charge on any atom is -0.481 e. The monoisotopic (exact) mass is 204 g/mol. The van der Waals surface area contributed by atoms with Gasteiger partial charge in [0, 0.05) is 6.92 Å². The van der Waals surface area contributed by atoms with Gasteiger partial charge in [-0.15, -0.1) is 0 Å². The minimum atomic E-state index is -2.13. The largest absolute Gasteiger partial charge is 0.481 e. The lowest BCUT2D eigenvalue weighted by Gasteiger charge is -2.21. The molecule has 0 aromatic heterocycles. The highest BCUT2D eigenvalue weighted by Crippen LogP contribution is 2.17. The van der Waals surface area contributed by atoms with Gasteiger partial charge in [0.1, 0.15) is 0 Å².